The van der Waals surface area contributed by atoms with Crippen molar-refractivity contribution in [3.05, 3.63) is 18.1 Å². The molecule has 1 aromatic rings. The Morgan fingerprint density at radius 1 is 1.07 bits per heavy atom. The van der Waals surface area contributed by atoms with Crippen LogP contribution >= 0.6 is 0 Å². The monoisotopic (exact) mass is 387 g/mol. The van der Waals surface area contributed by atoms with Gasteiger partial charge in [0.2, 0.25) is 11.8 Å². The number of hydrogen-bond acceptors (Lipinski definition) is 5. The van der Waals surface area contributed by atoms with Crippen molar-refractivity contribution in [3.63, 3.8) is 0 Å². The average molecular weight is 388 g/mol. The zero-order chi connectivity index (χ0) is 20.1. The summed E-state index contributed by atoms with van der Waals surface area (Å²) in [4.78, 5) is 39.7. The molecule has 7 nitrogen and oxygen atoms in total. The molecule has 2 heterocycles. The fourth-order valence-corrected chi connectivity index (χ4v) is 4.37. The number of hydrogen-bond donors (Lipinski definition) is 0. The van der Waals surface area contributed by atoms with Gasteiger partial charge in [-0.1, -0.05) is 19.3 Å². The van der Waals surface area contributed by atoms with Crippen molar-refractivity contribution < 1.29 is 9.59 Å². The molecular weight excluding hydrogens is 354 g/mol. The maximum Gasteiger partial charge on any atom is 0.225 e. The summed E-state index contributed by atoms with van der Waals surface area (Å²) in [5, 5.41) is 0. The van der Waals surface area contributed by atoms with Gasteiger partial charge in [-0.25, -0.2) is 9.97 Å². The second-order valence-corrected chi connectivity index (χ2v) is 8.42. The van der Waals surface area contributed by atoms with Gasteiger partial charge < -0.3 is 14.7 Å². The van der Waals surface area contributed by atoms with Crippen LogP contribution in [0.4, 0.5) is 5.82 Å². The van der Waals surface area contributed by atoms with Crippen LogP contribution in [0.2, 0.25) is 0 Å². The van der Waals surface area contributed by atoms with Crippen LogP contribution in [-0.2, 0) is 16.0 Å². The van der Waals surface area contributed by atoms with Gasteiger partial charge in [-0.2, -0.15) is 0 Å². The Balaban J connectivity index is 1.74. The van der Waals surface area contributed by atoms with Gasteiger partial charge in [-0.05, 0) is 25.2 Å². The summed E-state index contributed by atoms with van der Waals surface area (Å²) in [6.45, 7) is 4.24. The highest BCUT2D eigenvalue weighted by molar-refractivity contribution is 5.79. The molecule has 0 bridgehead atoms. The third-order valence-electron chi connectivity index (χ3n) is 5.97. The first-order chi connectivity index (χ1) is 13.4. The molecule has 1 aliphatic heterocycles. The number of rotatable bonds is 4. The molecule has 2 amide bonds. The van der Waals surface area contributed by atoms with Crippen molar-refractivity contribution in [2.75, 3.05) is 45.2 Å². The zero-order valence-corrected chi connectivity index (χ0v) is 17.4. The van der Waals surface area contributed by atoms with Crippen LogP contribution in [0.1, 0.15) is 44.7 Å². The maximum atomic E-state index is 13.1. The predicted octanol–water partition coefficient (Wildman–Crippen LogP) is 1.97. The highest BCUT2D eigenvalue weighted by Crippen LogP contribution is 2.27. The summed E-state index contributed by atoms with van der Waals surface area (Å²) < 4.78 is 0. The Labute approximate surface area is 168 Å². The second-order valence-electron chi connectivity index (χ2n) is 8.42. The molecule has 1 saturated carbocycles. The number of amides is 2. The fraction of sp³-hybridized carbons (Fsp3) is 0.714. The van der Waals surface area contributed by atoms with Gasteiger partial charge in [0.05, 0.1) is 0 Å². The lowest BCUT2D eigenvalue weighted by Gasteiger charge is -2.30. The first kappa shape index (κ1) is 20.6. The van der Waals surface area contributed by atoms with E-state index in [1.165, 1.54) is 6.42 Å². The van der Waals surface area contributed by atoms with Gasteiger partial charge in [0.25, 0.3) is 0 Å². The molecule has 1 saturated heterocycles. The molecule has 0 aromatic carbocycles. The summed E-state index contributed by atoms with van der Waals surface area (Å²) >= 11 is 0. The van der Waals surface area contributed by atoms with Crippen molar-refractivity contribution in [1.29, 1.82) is 0 Å². The third kappa shape index (κ3) is 5.20. The van der Waals surface area contributed by atoms with E-state index in [0.717, 1.165) is 43.6 Å². The van der Waals surface area contributed by atoms with Crippen molar-refractivity contribution in [3.8, 4) is 0 Å². The van der Waals surface area contributed by atoms with Gasteiger partial charge in [0.1, 0.15) is 12.1 Å². The molecule has 154 valence electrons. The van der Waals surface area contributed by atoms with E-state index in [4.69, 9.17) is 0 Å². The number of nitrogens with zero attached hydrogens (tertiary/aromatic N) is 5. The van der Waals surface area contributed by atoms with Gasteiger partial charge >= 0.3 is 0 Å². The minimum absolute atomic E-state index is 0.0774. The summed E-state index contributed by atoms with van der Waals surface area (Å²) in [7, 11) is 3.92. The van der Waals surface area contributed by atoms with Crippen molar-refractivity contribution >= 4 is 17.6 Å². The van der Waals surface area contributed by atoms with Crippen LogP contribution in [0.15, 0.2) is 12.4 Å². The van der Waals surface area contributed by atoms with E-state index in [1.54, 1.807) is 13.3 Å². The van der Waals surface area contributed by atoms with E-state index >= 15 is 0 Å². The lowest BCUT2D eigenvalue weighted by atomic mass is 9.88. The SMILES string of the molecule is CC(=O)N1CCN(C(=O)C2CCCCC2)C[C@H](Cc2cc(N(C)C)ncn2)C1. The van der Waals surface area contributed by atoms with Gasteiger partial charge in [0, 0.05) is 64.9 Å². The van der Waals surface area contributed by atoms with Crippen LogP contribution < -0.4 is 4.90 Å². The normalized spacial score (nSPS) is 21.3. The van der Waals surface area contributed by atoms with E-state index < -0.39 is 0 Å². The Kier molecular flexibility index (Phi) is 6.86. The highest BCUT2D eigenvalue weighted by Gasteiger charge is 2.31. The summed E-state index contributed by atoms with van der Waals surface area (Å²) in [5.74, 6) is 1.58. The third-order valence-corrected chi connectivity index (χ3v) is 5.97. The standard InChI is InChI=1S/C21H33N5O2/c1-16(27)25-9-10-26(21(28)18-7-5-4-6-8-18)14-17(13-25)11-19-12-20(24(2)3)23-15-22-19/h12,15,17-18H,4-11,13-14H2,1-3H3/t17-/m1/s1. The van der Waals surface area contributed by atoms with E-state index in [1.807, 2.05) is 34.9 Å². The summed E-state index contributed by atoms with van der Waals surface area (Å²) in [6.07, 6.45) is 7.90. The smallest absolute Gasteiger partial charge is 0.225 e. The van der Waals surface area contributed by atoms with Crippen molar-refractivity contribution in [2.24, 2.45) is 11.8 Å². The molecule has 0 radical (unpaired) electrons. The molecular formula is C21H33N5O2. The topological polar surface area (TPSA) is 69.6 Å². The van der Waals surface area contributed by atoms with E-state index in [0.29, 0.717) is 26.2 Å². The van der Waals surface area contributed by atoms with Crippen LogP contribution in [0.3, 0.4) is 0 Å². The lowest BCUT2D eigenvalue weighted by Crippen LogP contribution is -2.41. The van der Waals surface area contributed by atoms with Gasteiger partial charge in [-0.15, -0.1) is 0 Å². The molecule has 2 aliphatic rings. The van der Waals surface area contributed by atoms with E-state index in [2.05, 4.69) is 9.97 Å². The first-order valence-corrected chi connectivity index (χ1v) is 10.5. The van der Waals surface area contributed by atoms with Crippen LogP contribution in [-0.4, -0.2) is 71.9 Å². The molecule has 2 fully saturated rings. The highest BCUT2D eigenvalue weighted by atomic mass is 16.2. The molecule has 0 spiro atoms. The lowest BCUT2D eigenvalue weighted by molar-refractivity contribution is -0.137. The first-order valence-electron chi connectivity index (χ1n) is 10.5. The minimum Gasteiger partial charge on any atom is -0.363 e. The molecule has 1 aliphatic carbocycles. The Hall–Kier alpha value is -2.18. The van der Waals surface area contributed by atoms with Gasteiger partial charge in [-0.3, -0.25) is 9.59 Å². The Morgan fingerprint density at radius 2 is 1.75 bits per heavy atom. The number of anilines is 1. The summed E-state index contributed by atoms with van der Waals surface area (Å²) in [5.41, 5.74) is 0.958. The Bertz CT molecular complexity index is 687. The maximum absolute atomic E-state index is 13.1. The number of carbonyl (C=O) groups excluding carboxylic acids is 2. The van der Waals surface area contributed by atoms with Crippen molar-refractivity contribution in [2.45, 2.75) is 45.4 Å². The summed E-state index contributed by atoms with van der Waals surface area (Å²) in [6, 6.07) is 2.00. The minimum atomic E-state index is 0.0774. The Morgan fingerprint density at radius 3 is 2.43 bits per heavy atom. The fourth-order valence-electron chi connectivity index (χ4n) is 4.37. The van der Waals surface area contributed by atoms with Crippen molar-refractivity contribution in [1.82, 2.24) is 19.8 Å². The molecule has 1 atom stereocenters. The predicted molar refractivity (Wildman–Crippen MR) is 109 cm³/mol. The molecule has 0 unspecified atom stereocenters. The van der Waals surface area contributed by atoms with E-state index in [-0.39, 0.29) is 23.7 Å². The molecule has 7 heteroatoms. The molecule has 3 rings (SSSR count). The zero-order valence-electron chi connectivity index (χ0n) is 17.4. The average Bonchev–Trinajstić information content (AvgIpc) is 2.91. The van der Waals surface area contributed by atoms with Crippen LogP contribution in [0.25, 0.3) is 0 Å². The molecule has 0 N–H and O–H groups in total. The largest absolute Gasteiger partial charge is 0.363 e. The van der Waals surface area contributed by atoms with Crippen LogP contribution in [0.5, 0.6) is 0 Å². The van der Waals surface area contributed by atoms with E-state index in [9.17, 15) is 9.59 Å². The number of carbonyl (C=O) groups is 2. The number of aromatic nitrogens is 2. The molecule has 1 aromatic heterocycles. The van der Waals surface area contributed by atoms with Gasteiger partial charge in [0.15, 0.2) is 0 Å². The van der Waals surface area contributed by atoms with Crippen LogP contribution in [0, 0.1) is 11.8 Å². The quantitative estimate of drug-likeness (QED) is 0.790. The molecule has 28 heavy (non-hydrogen) atoms. The second kappa shape index (κ2) is 9.34.